The topological polar surface area (TPSA) is 85.7 Å². The van der Waals surface area contributed by atoms with Gasteiger partial charge in [-0.3, -0.25) is 9.59 Å². The maximum atomic E-state index is 13.8. The Morgan fingerprint density at radius 2 is 0.750 bits per heavy atom. The molecule has 180 valence electrons. The first kappa shape index (κ1) is 23.3. The van der Waals surface area contributed by atoms with Crippen LogP contribution in [0.3, 0.4) is 0 Å². The first-order valence-corrected chi connectivity index (χ1v) is 10.2. The molecule has 36 heavy (non-hydrogen) atoms. The van der Waals surface area contributed by atoms with Crippen LogP contribution in [0, 0.1) is 0 Å². The van der Waals surface area contributed by atoms with Gasteiger partial charge in [0.15, 0.2) is 11.4 Å². The highest BCUT2D eigenvalue weighted by molar-refractivity contribution is 6.25. The van der Waals surface area contributed by atoms with E-state index in [-0.39, 0.29) is 11.1 Å². The summed E-state index contributed by atoms with van der Waals surface area (Å²) in [5, 5.41) is 0. The minimum Gasteiger partial charge on any atom is -0.285 e. The van der Waals surface area contributed by atoms with Crippen molar-refractivity contribution in [3.63, 3.8) is 0 Å². The number of carbonyl (C=O) groups is 2. The summed E-state index contributed by atoms with van der Waals surface area (Å²) in [6.07, 6.45) is -10.1. The molecule has 0 saturated heterocycles. The number of halogens is 6. The predicted molar refractivity (Wildman–Crippen MR) is 112 cm³/mol. The monoisotopic (exact) mass is 500 g/mol. The third-order valence-electron chi connectivity index (χ3n) is 5.28. The summed E-state index contributed by atoms with van der Waals surface area (Å²) in [5.74, 6) is -2.59. The molecule has 6 nitrogen and oxygen atoms in total. The number of fused-ring (bicyclic) bond motifs is 2. The van der Waals surface area contributed by atoms with E-state index in [0.29, 0.717) is 0 Å². The first-order valence-electron chi connectivity index (χ1n) is 10.2. The molecule has 0 aliphatic heterocycles. The lowest BCUT2D eigenvalue weighted by Crippen LogP contribution is -2.30. The van der Waals surface area contributed by atoms with Crippen LogP contribution < -0.4 is 0 Å². The van der Waals surface area contributed by atoms with Gasteiger partial charge >= 0.3 is 12.4 Å². The third-order valence-corrected chi connectivity index (χ3v) is 5.28. The molecule has 5 rings (SSSR count). The number of ketones is 2. The summed E-state index contributed by atoms with van der Waals surface area (Å²) in [5.41, 5.74) is -8.29. The van der Waals surface area contributed by atoms with E-state index >= 15 is 0 Å². The zero-order chi connectivity index (χ0) is 25.8. The van der Waals surface area contributed by atoms with Gasteiger partial charge in [0, 0.05) is 11.1 Å². The number of alkyl halides is 6. The zero-order valence-electron chi connectivity index (χ0n) is 17.6. The number of hydrogen-bond acceptors (Lipinski definition) is 6. The number of benzene rings is 2. The van der Waals surface area contributed by atoms with E-state index in [9.17, 15) is 35.9 Å². The molecule has 0 unspecified atom stereocenters. The van der Waals surface area contributed by atoms with Gasteiger partial charge in [-0.05, 0) is 0 Å². The normalized spacial score (nSPS) is 13.4. The van der Waals surface area contributed by atoms with E-state index < -0.39 is 69.5 Å². The number of aromatic nitrogens is 4. The second-order valence-electron chi connectivity index (χ2n) is 7.62. The fraction of sp³-hybridized carbons (Fsp3) is 0.0833. The molecule has 0 spiro atoms. The van der Waals surface area contributed by atoms with Crippen LogP contribution >= 0.6 is 0 Å². The number of nitrogens with zero attached hydrogens (tertiary/aromatic N) is 4. The Morgan fingerprint density at radius 1 is 0.444 bits per heavy atom. The summed E-state index contributed by atoms with van der Waals surface area (Å²) in [6, 6.07) is 13.9. The molecule has 2 aromatic carbocycles. The average Bonchev–Trinajstić information content (AvgIpc) is 2.85. The van der Waals surface area contributed by atoms with Crippen molar-refractivity contribution < 1.29 is 35.9 Å². The van der Waals surface area contributed by atoms with Crippen LogP contribution in [0.4, 0.5) is 26.3 Å². The molecule has 0 atom stereocenters. The summed E-state index contributed by atoms with van der Waals surface area (Å²) in [7, 11) is 0. The van der Waals surface area contributed by atoms with Crippen LogP contribution in [0.2, 0.25) is 0 Å². The highest BCUT2D eigenvalue weighted by atomic mass is 19.4. The predicted octanol–water partition coefficient (Wildman–Crippen LogP) is 5.41. The molecular weight excluding hydrogens is 490 g/mol. The highest BCUT2D eigenvalue weighted by Crippen LogP contribution is 2.39. The number of carbonyl (C=O) groups excluding carboxylic acids is 2. The molecule has 0 N–H and O–H groups in total. The van der Waals surface area contributed by atoms with Crippen molar-refractivity contribution in [1.29, 1.82) is 0 Å². The van der Waals surface area contributed by atoms with E-state index in [1.165, 1.54) is 60.7 Å². The Hall–Kier alpha value is -4.48. The molecule has 2 heterocycles. The summed E-state index contributed by atoms with van der Waals surface area (Å²) in [6.45, 7) is 0. The molecule has 0 bridgehead atoms. The van der Waals surface area contributed by atoms with Crippen LogP contribution in [0.1, 0.15) is 43.8 Å². The molecule has 1 aliphatic rings. The molecule has 0 fully saturated rings. The first-order chi connectivity index (χ1) is 17.0. The summed E-state index contributed by atoms with van der Waals surface area (Å²) in [4.78, 5) is 40.6. The van der Waals surface area contributed by atoms with Gasteiger partial charge in [0.2, 0.25) is 11.6 Å². The summed E-state index contributed by atoms with van der Waals surface area (Å²) < 4.78 is 83.1. The van der Waals surface area contributed by atoms with Crippen molar-refractivity contribution in [2.24, 2.45) is 0 Å². The van der Waals surface area contributed by atoms with Crippen molar-refractivity contribution in [3.8, 4) is 22.5 Å². The molecule has 0 radical (unpaired) electrons. The largest absolute Gasteiger partial charge is 0.435 e. The maximum Gasteiger partial charge on any atom is 0.435 e. The molecule has 1 aliphatic carbocycles. The lowest BCUT2D eigenvalue weighted by molar-refractivity contribution is -0.141. The van der Waals surface area contributed by atoms with Crippen molar-refractivity contribution in [2.75, 3.05) is 0 Å². The number of hydrogen-bond donors (Lipinski definition) is 0. The van der Waals surface area contributed by atoms with Gasteiger partial charge in [0.1, 0.15) is 34.2 Å². The van der Waals surface area contributed by atoms with E-state index in [0.717, 1.165) is 0 Å². The van der Waals surface area contributed by atoms with E-state index in [1.54, 1.807) is 0 Å². The number of rotatable bonds is 2. The summed E-state index contributed by atoms with van der Waals surface area (Å²) >= 11 is 0. The Morgan fingerprint density at radius 3 is 1.06 bits per heavy atom. The minimum absolute atomic E-state index is 0.0624. The molecule has 0 amide bonds. The van der Waals surface area contributed by atoms with Gasteiger partial charge in [-0.25, -0.2) is 19.9 Å². The average molecular weight is 500 g/mol. The van der Waals surface area contributed by atoms with E-state index in [2.05, 4.69) is 19.9 Å². The quantitative estimate of drug-likeness (QED) is 0.301. The van der Waals surface area contributed by atoms with Crippen molar-refractivity contribution >= 4 is 11.6 Å². The van der Waals surface area contributed by atoms with Gasteiger partial charge in [-0.1, -0.05) is 60.7 Å². The fourth-order valence-electron chi connectivity index (χ4n) is 3.72. The van der Waals surface area contributed by atoms with Crippen LogP contribution in [0.5, 0.6) is 0 Å². The van der Waals surface area contributed by atoms with Crippen LogP contribution in [-0.2, 0) is 12.4 Å². The molecule has 0 saturated carbocycles. The lowest BCUT2D eigenvalue weighted by atomic mass is 9.95. The SMILES string of the molecule is O=C1c2nc(-c3ccccc3)c(C(F)(F)F)nc2C(=O)c2nc(-c3ccccc3)c(C(F)(F)F)nc21. The molecule has 12 heteroatoms. The third kappa shape index (κ3) is 3.80. The van der Waals surface area contributed by atoms with Crippen LogP contribution in [0.25, 0.3) is 22.5 Å². The van der Waals surface area contributed by atoms with Crippen molar-refractivity contribution in [1.82, 2.24) is 19.9 Å². The Bertz CT molecular complexity index is 1420. The smallest absolute Gasteiger partial charge is 0.285 e. The maximum absolute atomic E-state index is 13.8. The van der Waals surface area contributed by atoms with Gasteiger partial charge in [-0.15, -0.1) is 0 Å². The Balaban J connectivity index is 1.78. The van der Waals surface area contributed by atoms with Crippen LogP contribution in [-0.4, -0.2) is 31.5 Å². The van der Waals surface area contributed by atoms with E-state index in [1.807, 2.05) is 0 Å². The molecule has 4 aromatic rings. The fourth-order valence-corrected chi connectivity index (χ4v) is 3.72. The second-order valence-corrected chi connectivity index (χ2v) is 7.62. The van der Waals surface area contributed by atoms with E-state index in [4.69, 9.17) is 0 Å². The minimum atomic E-state index is -5.06. The van der Waals surface area contributed by atoms with Gasteiger partial charge < -0.3 is 0 Å². The second kappa shape index (κ2) is 8.04. The molecular formula is C24H10F6N4O2. The van der Waals surface area contributed by atoms with Gasteiger partial charge in [0.05, 0.1) is 0 Å². The standard InChI is InChI=1S/C24H10F6N4O2/c25-23(26,27)21-13(11-7-3-1-4-8-11)31-15-17(33-21)20(36)16-18(19(15)35)34-22(24(28,29)30)14(32-16)12-9-5-2-6-10-12/h1-10H. The zero-order valence-corrected chi connectivity index (χ0v) is 17.6. The Kier molecular flexibility index (Phi) is 5.20. The van der Waals surface area contributed by atoms with Crippen LogP contribution in [0.15, 0.2) is 60.7 Å². The van der Waals surface area contributed by atoms with Gasteiger partial charge in [-0.2, -0.15) is 26.3 Å². The lowest BCUT2D eigenvalue weighted by Gasteiger charge is -2.21. The van der Waals surface area contributed by atoms with Crippen molar-refractivity contribution in [2.45, 2.75) is 12.4 Å². The van der Waals surface area contributed by atoms with Crippen molar-refractivity contribution in [3.05, 3.63) is 94.8 Å². The highest BCUT2D eigenvalue weighted by Gasteiger charge is 2.45. The Labute approximate surface area is 197 Å². The molecule has 2 aromatic heterocycles. The van der Waals surface area contributed by atoms with Gasteiger partial charge in [0.25, 0.3) is 0 Å².